The number of aromatic nitrogens is 1. The molecule has 1 saturated heterocycles. The number of pyridine rings is 1. The second-order valence-electron chi connectivity index (χ2n) is 9.26. The molecule has 1 unspecified atom stereocenters. The van der Waals surface area contributed by atoms with E-state index in [1.54, 1.807) is 30.5 Å². The Morgan fingerprint density at radius 2 is 1.51 bits per heavy atom. The number of nitrogens with zero attached hydrogens (tertiary/aromatic N) is 2. The molecule has 4 aromatic carbocycles. The van der Waals surface area contributed by atoms with Crippen LogP contribution < -0.4 is 4.74 Å². The van der Waals surface area contributed by atoms with E-state index in [1.807, 2.05) is 91.0 Å². The summed E-state index contributed by atoms with van der Waals surface area (Å²) in [4.78, 5) is 32.8. The van der Waals surface area contributed by atoms with Gasteiger partial charge in [0.05, 0.1) is 23.9 Å². The van der Waals surface area contributed by atoms with Gasteiger partial charge < -0.3 is 14.7 Å². The van der Waals surface area contributed by atoms with Crippen molar-refractivity contribution in [3.8, 4) is 11.5 Å². The number of hydrogen-bond donors (Lipinski definition) is 1. The molecule has 1 fully saturated rings. The largest absolute Gasteiger partial charge is 0.507 e. The van der Waals surface area contributed by atoms with Crippen LogP contribution in [0.4, 0.5) is 0 Å². The Labute approximate surface area is 225 Å². The minimum atomic E-state index is -0.842. The van der Waals surface area contributed by atoms with Crippen molar-refractivity contribution in [1.29, 1.82) is 0 Å². The fraction of sp³-hybridized carbons (Fsp3) is 0.0606. The van der Waals surface area contributed by atoms with Gasteiger partial charge in [-0.1, -0.05) is 78.9 Å². The number of carbonyl (C=O) groups is 2. The van der Waals surface area contributed by atoms with Gasteiger partial charge in [0.1, 0.15) is 17.3 Å². The van der Waals surface area contributed by atoms with Crippen LogP contribution in [0.25, 0.3) is 16.5 Å². The summed E-state index contributed by atoms with van der Waals surface area (Å²) in [6, 6.07) is 34.3. The maximum Gasteiger partial charge on any atom is 0.296 e. The third-order valence-corrected chi connectivity index (χ3v) is 6.80. The number of aliphatic hydroxyl groups excluding tert-OH is 1. The van der Waals surface area contributed by atoms with Gasteiger partial charge in [-0.25, -0.2) is 0 Å². The first-order valence-corrected chi connectivity index (χ1v) is 12.6. The molecule has 1 atom stereocenters. The van der Waals surface area contributed by atoms with Gasteiger partial charge in [-0.15, -0.1) is 0 Å². The van der Waals surface area contributed by atoms with E-state index in [2.05, 4.69) is 4.98 Å². The van der Waals surface area contributed by atoms with E-state index in [0.29, 0.717) is 28.3 Å². The summed E-state index contributed by atoms with van der Waals surface area (Å²) in [6.45, 7) is 0.103. The predicted octanol–water partition coefficient (Wildman–Crippen LogP) is 6.65. The van der Waals surface area contributed by atoms with Gasteiger partial charge in [0, 0.05) is 11.8 Å². The van der Waals surface area contributed by atoms with E-state index in [4.69, 9.17) is 4.74 Å². The molecule has 6 heteroatoms. The van der Waals surface area contributed by atoms with Gasteiger partial charge in [-0.2, -0.15) is 0 Å². The second-order valence-corrected chi connectivity index (χ2v) is 9.26. The number of para-hydroxylation sites is 1. The first kappa shape index (κ1) is 24.1. The molecule has 1 amide bonds. The Balaban J connectivity index is 1.50. The molecule has 1 aliphatic heterocycles. The highest BCUT2D eigenvalue weighted by Gasteiger charge is 2.46. The van der Waals surface area contributed by atoms with Gasteiger partial charge in [0.25, 0.3) is 11.7 Å². The predicted molar refractivity (Wildman–Crippen MR) is 149 cm³/mol. The molecule has 6 nitrogen and oxygen atoms in total. The van der Waals surface area contributed by atoms with Gasteiger partial charge in [-0.05, 0) is 52.7 Å². The first-order valence-electron chi connectivity index (χ1n) is 12.6. The second kappa shape index (κ2) is 10.3. The lowest BCUT2D eigenvalue weighted by atomic mass is 9.93. The molecule has 0 spiro atoms. The minimum Gasteiger partial charge on any atom is -0.507 e. The Morgan fingerprint density at radius 1 is 0.795 bits per heavy atom. The molecule has 39 heavy (non-hydrogen) atoms. The number of hydrogen-bond acceptors (Lipinski definition) is 5. The highest BCUT2D eigenvalue weighted by molar-refractivity contribution is 6.46. The van der Waals surface area contributed by atoms with Crippen molar-refractivity contribution in [3.05, 3.63) is 144 Å². The lowest BCUT2D eigenvalue weighted by molar-refractivity contribution is -0.140. The highest BCUT2D eigenvalue weighted by atomic mass is 16.5. The molecule has 0 aliphatic carbocycles. The van der Waals surface area contributed by atoms with Crippen molar-refractivity contribution in [2.45, 2.75) is 12.6 Å². The summed E-state index contributed by atoms with van der Waals surface area (Å²) in [5, 5.41) is 13.4. The topological polar surface area (TPSA) is 79.7 Å². The normalized spacial score (nSPS) is 16.5. The Morgan fingerprint density at radius 3 is 2.33 bits per heavy atom. The smallest absolute Gasteiger partial charge is 0.296 e. The SMILES string of the molecule is O=C1C(=O)N(Cc2ccccn2)C(c2cccc(Oc3ccccc3)c2)/C1=C(/O)c1cccc2ccccc12. The average Bonchev–Trinajstić information content (AvgIpc) is 3.22. The molecule has 1 N–H and O–H groups in total. The van der Waals surface area contributed by atoms with Gasteiger partial charge in [0.2, 0.25) is 0 Å². The summed E-state index contributed by atoms with van der Waals surface area (Å²) in [5.74, 6) is -0.439. The van der Waals surface area contributed by atoms with Crippen LogP contribution in [0.2, 0.25) is 0 Å². The first-order chi connectivity index (χ1) is 19.1. The molecular formula is C33H24N2O4. The van der Waals surface area contributed by atoms with Crippen LogP contribution in [-0.4, -0.2) is 26.7 Å². The van der Waals surface area contributed by atoms with E-state index in [0.717, 1.165) is 10.8 Å². The number of likely N-dealkylation sites (tertiary alicyclic amines) is 1. The molecule has 0 bridgehead atoms. The fourth-order valence-corrected chi connectivity index (χ4v) is 5.01. The Bertz CT molecular complexity index is 1710. The van der Waals surface area contributed by atoms with Crippen LogP contribution in [0.5, 0.6) is 11.5 Å². The van der Waals surface area contributed by atoms with Gasteiger partial charge >= 0.3 is 0 Å². The van der Waals surface area contributed by atoms with Crippen molar-refractivity contribution in [2.24, 2.45) is 0 Å². The monoisotopic (exact) mass is 512 g/mol. The lowest BCUT2D eigenvalue weighted by Crippen LogP contribution is -2.29. The van der Waals surface area contributed by atoms with E-state index in [9.17, 15) is 14.7 Å². The highest BCUT2D eigenvalue weighted by Crippen LogP contribution is 2.42. The molecular weight excluding hydrogens is 488 g/mol. The van der Waals surface area contributed by atoms with E-state index < -0.39 is 17.7 Å². The molecule has 1 aliphatic rings. The maximum absolute atomic E-state index is 13.6. The quantitative estimate of drug-likeness (QED) is 0.157. The van der Waals surface area contributed by atoms with Crippen LogP contribution in [0.1, 0.15) is 22.9 Å². The van der Waals surface area contributed by atoms with Crippen molar-refractivity contribution in [1.82, 2.24) is 9.88 Å². The van der Waals surface area contributed by atoms with E-state index in [-0.39, 0.29) is 17.9 Å². The number of fused-ring (bicyclic) bond motifs is 1. The zero-order valence-corrected chi connectivity index (χ0v) is 20.9. The number of ether oxygens (including phenoxy) is 1. The summed E-state index contributed by atoms with van der Waals surface area (Å²) in [5.41, 5.74) is 1.79. The average molecular weight is 513 g/mol. The molecule has 5 aromatic rings. The summed E-state index contributed by atoms with van der Waals surface area (Å²) >= 11 is 0. The lowest BCUT2D eigenvalue weighted by Gasteiger charge is -2.25. The number of rotatable bonds is 6. The fourth-order valence-electron chi connectivity index (χ4n) is 5.01. The van der Waals surface area contributed by atoms with Crippen molar-refractivity contribution in [3.63, 3.8) is 0 Å². The maximum atomic E-state index is 13.6. The van der Waals surface area contributed by atoms with Crippen LogP contribution in [-0.2, 0) is 16.1 Å². The molecule has 1 aromatic heterocycles. The zero-order chi connectivity index (χ0) is 26.8. The number of aliphatic hydroxyl groups is 1. The number of Topliss-reactive ketones (excluding diaryl/α,β-unsaturated/α-hetero) is 1. The molecule has 2 heterocycles. The Kier molecular flexibility index (Phi) is 6.35. The summed E-state index contributed by atoms with van der Waals surface area (Å²) in [6.07, 6.45) is 1.64. The third kappa shape index (κ3) is 4.64. The number of carbonyl (C=O) groups excluding carboxylic acids is 2. The van der Waals surface area contributed by atoms with E-state index in [1.165, 1.54) is 4.90 Å². The number of amides is 1. The molecule has 190 valence electrons. The van der Waals surface area contributed by atoms with Crippen LogP contribution in [0, 0.1) is 0 Å². The van der Waals surface area contributed by atoms with Crippen LogP contribution >= 0.6 is 0 Å². The standard InChI is InChI=1S/C33H24N2O4/c36-31(28-18-9-11-22-10-4-5-17-27(22)28)29-30(35(33(38)32(29)37)21-24-13-6-7-19-34-24)23-12-8-16-26(20-23)39-25-14-2-1-3-15-25/h1-20,30,36H,21H2/b31-29-. The molecule has 6 rings (SSSR count). The summed E-state index contributed by atoms with van der Waals surface area (Å²) in [7, 11) is 0. The van der Waals surface area contributed by atoms with Gasteiger partial charge in [-0.3, -0.25) is 14.6 Å². The zero-order valence-electron chi connectivity index (χ0n) is 20.9. The van der Waals surface area contributed by atoms with Gasteiger partial charge in [0.15, 0.2) is 0 Å². The number of ketones is 1. The minimum absolute atomic E-state index is 0.0316. The van der Waals surface area contributed by atoms with Crippen LogP contribution in [0.3, 0.4) is 0 Å². The van der Waals surface area contributed by atoms with Crippen molar-refractivity contribution >= 4 is 28.2 Å². The number of benzene rings is 4. The third-order valence-electron chi connectivity index (χ3n) is 6.80. The van der Waals surface area contributed by atoms with Crippen molar-refractivity contribution < 1.29 is 19.4 Å². The Hall–Kier alpha value is -5.23. The van der Waals surface area contributed by atoms with Crippen molar-refractivity contribution in [2.75, 3.05) is 0 Å². The molecule has 0 saturated carbocycles. The molecule has 0 radical (unpaired) electrons. The summed E-state index contributed by atoms with van der Waals surface area (Å²) < 4.78 is 6.04. The van der Waals surface area contributed by atoms with Crippen LogP contribution in [0.15, 0.2) is 127 Å². The van der Waals surface area contributed by atoms with E-state index >= 15 is 0 Å².